The van der Waals surface area contributed by atoms with Gasteiger partial charge in [0.15, 0.2) is 0 Å². The first-order valence-corrected chi connectivity index (χ1v) is 12.5. The number of hydrogen-bond acceptors (Lipinski definition) is 6. The molecule has 3 rings (SSSR count). The van der Waals surface area contributed by atoms with E-state index in [-0.39, 0.29) is 27.9 Å². The van der Waals surface area contributed by atoms with Gasteiger partial charge in [0.2, 0.25) is 5.91 Å². The average molecular weight is 554 g/mol. The first-order chi connectivity index (χ1) is 16.9. The number of esters is 1. The number of benzene rings is 2. The van der Waals surface area contributed by atoms with Crippen molar-refractivity contribution in [1.82, 2.24) is 10.2 Å². The molecule has 2 atom stereocenters. The van der Waals surface area contributed by atoms with Crippen LogP contribution in [-0.4, -0.2) is 63.7 Å². The summed E-state index contributed by atoms with van der Waals surface area (Å²) in [5.74, 6) is -1.57. The second-order valence-electron chi connectivity index (χ2n) is 8.57. The van der Waals surface area contributed by atoms with E-state index in [9.17, 15) is 24.3 Å². The van der Waals surface area contributed by atoms with E-state index in [0.29, 0.717) is 11.3 Å². The highest BCUT2D eigenvalue weighted by Gasteiger charge is 2.48. The van der Waals surface area contributed by atoms with Crippen molar-refractivity contribution in [2.24, 2.45) is 0 Å². The van der Waals surface area contributed by atoms with Gasteiger partial charge in [-0.3, -0.25) is 14.5 Å². The number of hydrogen-bond donors (Lipinski definition) is 3. The van der Waals surface area contributed by atoms with Gasteiger partial charge in [0.05, 0.1) is 28.6 Å². The van der Waals surface area contributed by atoms with Crippen LogP contribution in [0.15, 0.2) is 42.5 Å². The number of nitrogens with zero attached hydrogens (tertiary/aromatic N) is 1. The van der Waals surface area contributed by atoms with Crippen LogP contribution in [0.3, 0.4) is 0 Å². The van der Waals surface area contributed by atoms with E-state index in [1.807, 2.05) is 0 Å². The van der Waals surface area contributed by atoms with Gasteiger partial charge in [0, 0.05) is 16.9 Å². The Labute approximate surface area is 222 Å². The third kappa shape index (κ3) is 6.24. The zero-order valence-corrected chi connectivity index (χ0v) is 22.0. The van der Waals surface area contributed by atoms with Crippen LogP contribution in [0.5, 0.6) is 0 Å². The standard InChI is InChI=1S/C24H25Cl2N3O6S/c1-24(2)19(29(12-36-24)23(33)34)21(31)28-17(22(32)35-3)11-13-7-9-14(10-8-13)27-20(30)18-15(25)5-4-6-16(18)26/h4-10,17,19H,11-12H2,1-3H3,(H,27,30)(H,28,31)(H,33,34)/t17-,19+/m1/s1. The molecule has 3 N–H and O–H groups in total. The van der Waals surface area contributed by atoms with E-state index in [1.165, 1.54) is 18.9 Å². The van der Waals surface area contributed by atoms with Gasteiger partial charge in [-0.1, -0.05) is 41.4 Å². The fraction of sp³-hybridized carbons (Fsp3) is 0.333. The number of carbonyl (C=O) groups excluding carboxylic acids is 3. The molecular weight excluding hydrogens is 529 g/mol. The lowest BCUT2D eigenvalue weighted by Gasteiger charge is -2.30. The Bertz CT molecular complexity index is 1150. The van der Waals surface area contributed by atoms with Crippen molar-refractivity contribution in [1.29, 1.82) is 0 Å². The van der Waals surface area contributed by atoms with Gasteiger partial charge in [0.1, 0.15) is 12.1 Å². The highest BCUT2D eigenvalue weighted by Crippen LogP contribution is 2.39. The molecule has 1 aliphatic rings. The summed E-state index contributed by atoms with van der Waals surface area (Å²) in [6, 6.07) is 9.40. The van der Waals surface area contributed by atoms with Crippen LogP contribution in [0.25, 0.3) is 0 Å². The van der Waals surface area contributed by atoms with Crippen LogP contribution in [-0.2, 0) is 20.7 Å². The molecule has 9 nitrogen and oxygen atoms in total. The highest BCUT2D eigenvalue weighted by atomic mass is 35.5. The summed E-state index contributed by atoms with van der Waals surface area (Å²) in [4.78, 5) is 50.7. The normalized spacial score (nSPS) is 17.2. The van der Waals surface area contributed by atoms with Gasteiger partial charge in [-0.25, -0.2) is 9.59 Å². The van der Waals surface area contributed by atoms with Gasteiger partial charge in [-0.05, 0) is 43.7 Å². The molecule has 1 fully saturated rings. The molecule has 1 saturated heterocycles. The largest absolute Gasteiger partial charge is 0.467 e. The molecule has 2 aromatic carbocycles. The number of anilines is 1. The van der Waals surface area contributed by atoms with Crippen molar-refractivity contribution in [3.8, 4) is 0 Å². The Kier molecular flexibility index (Phi) is 8.76. The summed E-state index contributed by atoms with van der Waals surface area (Å²) < 4.78 is 4.18. The summed E-state index contributed by atoms with van der Waals surface area (Å²) in [6.45, 7) is 3.56. The number of carboxylic acid groups (broad SMARTS) is 1. The van der Waals surface area contributed by atoms with Crippen molar-refractivity contribution in [2.45, 2.75) is 37.1 Å². The molecule has 0 saturated carbocycles. The number of ether oxygens (including phenoxy) is 1. The molecule has 0 spiro atoms. The molecular formula is C24H25Cl2N3O6S. The van der Waals surface area contributed by atoms with E-state index >= 15 is 0 Å². The summed E-state index contributed by atoms with van der Waals surface area (Å²) in [5, 5.41) is 15.3. The van der Waals surface area contributed by atoms with Crippen LogP contribution in [0.1, 0.15) is 29.8 Å². The predicted molar refractivity (Wildman–Crippen MR) is 139 cm³/mol. The SMILES string of the molecule is COC(=O)[C@@H](Cc1ccc(NC(=O)c2c(Cl)cccc2Cl)cc1)NC(=O)[C@@H]1N(C(=O)O)CSC1(C)C. The first kappa shape index (κ1) is 27.6. The molecule has 0 unspecified atom stereocenters. The molecule has 36 heavy (non-hydrogen) atoms. The monoisotopic (exact) mass is 553 g/mol. The van der Waals surface area contributed by atoms with E-state index < -0.39 is 40.7 Å². The van der Waals surface area contributed by atoms with Crippen molar-refractivity contribution in [3.63, 3.8) is 0 Å². The number of thioether (sulfide) groups is 1. The minimum atomic E-state index is -1.21. The minimum Gasteiger partial charge on any atom is -0.467 e. The van der Waals surface area contributed by atoms with E-state index in [2.05, 4.69) is 10.6 Å². The number of carbonyl (C=O) groups is 4. The fourth-order valence-electron chi connectivity index (χ4n) is 3.84. The Balaban J connectivity index is 1.72. The fourth-order valence-corrected chi connectivity index (χ4v) is 5.53. The molecule has 0 bridgehead atoms. The maximum Gasteiger partial charge on any atom is 0.408 e. The molecule has 0 aromatic heterocycles. The zero-order valence-electron chi connectivity index (χ0n) is 19.7. The van der Waals surface area contributed by atoms with Crippen LogP contribution >= 0.6 is 35.0 Å². The van der Waals surface area contributed by atoms with E-state index in [1.54, 1.807) is 56.3 Å². The Morgan fingerprint density at radius 1 is 1.14 bits per heavy atom. The van der Waals surface area contributed by atoms with Gasteiger partial charge in [-0.2, -0.15) is 0 Å². The number of methoxy groups -OCH3 is 1. The number of amides is 3. The van der Waals surface area contributed by atoms with E-state index in [4.69, 9.17) is 27.9 Å². The first-order valence-electron chi connectivity index (χ1n) is 10.8. The summed E-state index contributed by atoms with van der Waals surface area (Å²) >= 11 is 13.5. The lowest BCUT2D eigenvalue weighted by Crippen LogP contribution is -2.56. The zero-order chi connectivity index (χ0) is 26.6. The van der Waals surface area contributed by atoms with Crippen molar-refractivity contribution in [2.75, 3.05) is 18.3 Å². The Morgan fingerprint density at radius 2 is 1.75 bits per heavy atom. The molecule has 3 amide bonds. The second kappa shape index (κ2) is 11.4. The molecule has 2 aromatic rings. The predicted octanol–water partition coefficient (Wildman–Crippen LogP) is 4.28. The molecule has 12 heteroatoms. The number of rotatable bonds is 7. The second-order valence-corrected chi connectivity index (χ2v) is 11.0. The van der Waals surface area contributed by atoms with Crippen LogP contribution in [0, 0.1) is 0 Å². The van der Waals surface area contributed by atoms with Gasteiger partial charge < -0.3 is 20.5 Å². The third-order valence-electron chi connectivity index (χ3n) is 5.68. The van der Waals surface area contributed by atoms with Crippen LogP contribution in [0.4, 0.5) is 10.5 Å². The Morgan fingerprint density at radius 3 is 2.31 bits per heavy atom. The summed E-state index contributed by atoms with van der Waals surface area (Å²) in [7, 11) is 1.21. The third-order valence-corrected chi connectivity index (χ3v) is 7.69. The molecule has 1 heterocycles. The topological polar surface area (TPSA) is 125 Å². The minimum absolute atomic E-state index is 0.0936. The summed E-state index contributed by atoms with van der Waals surface area (Å²) in [6.07, 6.45) is -1.12. The van der Waals surface area contributed by atoms with Crippen molar-refractivity contribution < 1.29 is 29.0 Å². The molecule has 1 aliphatic heterocycles. The van der Waals surface area contributed by atoms with Gasteiger partial charge >= 0.3 is 12.1 Å². The maximum absolute atomic E-state index is 13.1. The molecule has 192 valence electrons. The smallest absolute Gasteiger partial charge is 0.408 e. The van der Waals surface area contributed by atoms with Gasteiger partial charge in [0.25, 0.3) is 5.91 Å². The van der Waals surface area contributed by atoms with Crippen molar-refractivity contribution in [3.05, 3.63) is 63.6 Å². The highest BCUT2D eigenvalue weighted by molar-refractivity contribution is 8.00. The lowest BCUT2D eigenvalue weighted by molar-refractivity contribution is -0.145. The van der Waals surface area contributed by atoms with E-state index in [0.717, 1.165) is 4.90 Å². The van der Waals surface area contributed by atoms with Gasteiger partial charge in [-0.15, -0.1) is 11.8 Å². The maximum atomic E-state index is 13.1. The van der Waals surface area contributed by atoms with Crippen molar-refractivity contribution >= 4 is 64.5 Å². The number of nitrogens with one attached hydrogen (secondary N) is 2. The molecule has 0 radical (unpaired) electrons. The lowest BCUT2D eigenvalue weighted by atomic mass is 9.99. The average Bonchev–Trinajstić information content (AvgIpc) is 3.14. The summed E-state index contributed by atoms with van der Waals surface area (Å²) in [5.41, 5.74) is 1.30. The number of halogens is 2. The van der Waals surface area contributed by atoms with Crippen LogP contribution in [0.2, 0.25) is 10.0 Å². The van der Waals surface area contributed by atoms with Crippen LogP contribution < -0.4 is 10.6 Å². The Hall–Kier alpha value is -2.95. The molecule has 0 aliphatic carbocycles. The quantitative estimate of drug-likeness (QED) is 0.437.